The number of rotatable bonds is 4. The van der Waals surface area contributed by atoms with E-state index in [0.29, 0.717) is 0 Å². The van der Waals surface area contributed by atoms with Crippen molar-refractivity contribution in [2.24, 2.45) is 12.5 Å². The lowest BCUT2D eigenvalue weighted by molar-refractivity contribution is -0.00662. The number of benzene rings is 1. The third-order valence-corrected chi connectivity index (χ3v) is 4.33. The zero-order valence-corrected chi connectivity index (χ0v) is 12.4. The molecule has 1 fully saturated rings. The molecular formula is C16H23N3O. The molecule has 4 nitrogen and oxygen atoms in total. The van der Waals surface area contributed by atoms with Gasteiger partial charge in [0.05, 0.1) is 17.8 Å². The van der Waals surface area contributed by atoms with Crippen LogP contribution in [0.2, 0.25) is 0 Å². The zero-order chi connectivity index (χ0) is 14.0. The second kappa shape index (κ2) is 5.54. The molecule has 2 aromatic rings. The summed E-state index contributed by atoms with van der Waals surface area (Å²) in [6, 6.07) is 8.47. The van der Waals surface area contributed by atoms with E-state index >= 15 is 0 Å². The number of fused-ring (bicyclic) bond motifs is 1. The third kappa shape index (κ3) is 2.45. The SMILES string of the molecule is CNCC1(Cc2nn(C)c3ccccc23)CCCOC1. The van der Waals surface area contributed by atoms with Gasteiger partial charge in [0.1, 0.15) is 0 Å². The molecule has 1 aromatic heterocycles. The Balaban J connectivity index is 1.94. The lowest BCUT2D eigenvalue weighted by Gasteiger charge is -2.36. The minimum atomic E-state index is 0.185. The number of hydrogen-bond acceptors (Lipinski definition) is 3. The van der Waals surface area contributed by atoms with E-state index in [1.54, 1.807) is 0 Å². The first-order valence-corrected chi connectivity index (χ1v) is 7.37. The molecule has 108 valence electrons. The van der Waals surface area contributed by atoms with Crippen LogP contribution in [0.1, 0.15) is 18.5 Å². The van der Waals surface area contributed by atoms with Crippen LogP contribution in [0.5, 0.6) is 0 Å². The number of nitrogens with zero attached hydrogens (tertiary/aromatic N) is 2. The summed E-state index contributed by atoms with van der Waals surface area (Å²) in [4.78, 5) is 0. The van der Waals surface area contributed by atoms with Crippen LogP contribution in [0.4, 0.5) is 0 Å². The predicted octanol–water partition coefficient (Wildman–Crippen LogP) is 2.13. The van der Waals surface area contributed by atoms with Crippen molar-refractivity contribution in [2.75, 3.05) is 26.8 Å². The molecule has 0 saturated carbocycles. The van der Waals surface area contributed by atoms with Crippen LogP contribution in [0.3, 0.4) is 0 Å². The highest BCUT2D eigenvalue weighted by Gasteiger charge is 2.34. The normalized spacial score (nSPS) is 23.3. The van der Waals surface area contributed by atoms with E-state index in [1.807, 2.05) is 18.8 Å². The largest absolute Gasteiger partial charge is 0.381 e. The predicted molar refractivity (Wildman–Crippen MR) is 80.8 cm³/mol. The summed E-state index contributed by atoms with van der Waals surface area (Å²) < 4.78 is 7.74. The minimum Gasteiger partial charge on any atom is -0.381 e. The smallest absolute Gasteiger partial charge is 0.0710 e. The van der Waals surface area contributed by atoms with E-state index in [0.717, 1.165) is 32.6 Å². The van der Waals surface area contributed by atoms with Crippen molar-refractivity contribution < 1.29 is 4.74 Å². The van der Waals surface area contributed by atoms with Gasteiger partial charge in [0.2, 0.25) is 0 Å². The highest BCUT2D eigenvalue weighted by molar-refractivity contribution is 5.81. The van der Waals surface area contributed by atoms with Crippen molar-refractivity contribution in [2.45, 2.75) is 19.3 Å². The van der Waals surface area contributed by atoms with Gasteiger partial charge >= 0.3 is 0 Å². The number of aromatic nitrogens is 2. The molecule has 1 N–H and O–H groups in total. The van der Waals surface area contributed by atoms with E-state index in [2.05, 4.69) is 29.6 Å². The highest BCUT2D eigenvalue weighted by atomic mass is 16.5. The highest BCUT2D eigenvalue weighted by Crippen LogP contribution is 2.33. The summed E-state index contributed by atoms with van der Waals surface area (Å²) >= 11 is 0. The second-order valence-corrected chi connectivity index (χ2v) is 5.95. The molecule has 0 aliphatic carbocycles. The molecule has 1 aliphatic heterocycles. The van der Waals surface area contributed by atoms with Crippen molar-refractivity contribution in [1.82, 2.24) is 15.1 Å². The van der Waals surface area contributed by atoms with E-state index < -0.39 is 0 Å². The fourth-order valence-electron chi connectivity index (χ4n) is 3.40. The van der Waals surface area contributed by atoms with Crippen LogP contribution in [-0.4, -0.2) is 36.6 Å². The van der Waals surface area contributed by atoms with E-state index in [9.17, 15) is 0 Å². The number of aryl methyl sites for hydroxylation is 1. The van der Waals surface area contributed by atoms with Gasteiger partial charge in [-0.15, -0.1) is 0 Å². The van der Waals surface area contributed by atoms with Crippen LogP contribution in [0, 0.1) is 5.41 Å². The average Bonchev–Trinajstić information content (AvgIpc) is 2.77. The van der Waals surface area contributed by atoms with Gasteiger partial charge in [-0.2, -0.15) is 5.10 Å². The fourth-order valence-corrected chi connectivity index (χ4v) is 3.40. The molecule has 1 aromatic carbocycles. The maximum Gasteiger partial charge on any atom is 0.0710 e. The van der Waals surface area contributed by atoms with Crippen LogP contribution >= 0.6 is 0 Å². The molecule has 0 bridgehead atoms. The Morgan fingerprint density at radius 2 is 2.25 bits per heavy atom. The Bertz CT molecular complexity index is 579. The summed E-state index contributed by atoms with van der Waals surface area (Å²) in [5.41, 5.74) is 2.59. The van der Waals surface area contributed by atoms with Gasteiger partial charge in [0.25, 0.3) is 0 Å². The number of hydrogen-bond donors (Lipinski definition) is 1. The van der Waals surface area contributed by atoms with Crippen molar-refractivity contribution in [3.8, 4) is 0 Å². The molecule has 0 spiro atoms. The number of ether oxygens (including phenoxy) is 1. The lowest BCUT2D eigenvalue weighted by atomic mass is 9.78. The summed E-state index contributed by atoms with van der Waals surface area (Å²) in [5, 5.41) is 9.36. The molecule has 2 heterocycles. The Morgan fingerprint density at radius 3 is 3.00 bits per heavy atom. The first kappa shape index (κ1) is 13.6. The standard InChI is InChI=1S/C16H23N3O/c1-17-11-16(8-5-9-20-12-16)10-14-13-6-3-4-7-15(13)19(2)18-14/h3-4,6-7,17H,5,8-12H2,1-2H3. The fraction of sp³-hybridized carbons (Fsp3) is 0.562. The van der Waals surface area contributed by atoms with E-state index in [1.165, 1.54) is 23.0 Å². The molecule has 4 heteroatoms. The van der Waals surface area contributed by atoms with Gasteiger partial charge in [0, 0.05) is 37.4 Å². The first-order chi connectivity index (χ1) is 9.74. The molecule has 1 aliphatic rings. The van der Waals surface area contributed by atoms with Crippen molar-refractivity contribution in [3.63, 3.8) is 0 Å². The lowest BCUT2D eigenvalue weighted by Crippen LogP contribution is -2.41. The van der Waals surface area contributed by atoms with Crippen LogP contribution in [-0.2, 0) is 18.2 Å². The summed E-state index contributed by atoms with van der Waals surface area (Å²) in [6.45, 7) is 2.71. The Morgan fingerprint density at radius 1 is 1.40 bits per heavy atom. The topological polar surface area (TPSA) is 39.1 Å². The Hall–Kier alpha value is -1.39. The van der Waals surface area contributed by atoms with Gasteiger partial charge in [-0.05, 0) is 26.0 Å². The molecule has 3 rings (SSSR count). The molecule has 1 unspecified atom stereocenters. The molecule has 1 atom stereocenters. The molecule has 1 saturated heterocycles. The van der Waals surface area contributed by atoms with Crippen molar-refractivity contribution in [3.05, 3.63) is 30.0 Å². The van der Waals surface area contributed by atoms with Gasteiger partial charge in [-0.25, -0.2) is 0 Å². The van der Waals surface area contributed by atoms with Gasteiger partial charge < -0.3 is 10.1 Å². The Kier molecular flexibility index (Phi) is 3.76. The quantitative estimate of drug-likeness (QED) is 0.927. The summed E-state index contributed by atoms with van der Waals surface area (Å²) in [6.07, 6.45) is 3.33. The van der Waals surface area contributed by atoms with Gasteiger partial charge in [-0.1, -0.05) is 18.2 Å². The van der Waals surface area contributed by atoms with Gasteiger partial charge in [0.15, 0.2) is 0 Å². The Labute approximate surface area is 120 Å². The van der Waals surface area contributed by atoms with E-state index in [-0.39, 0.29) is 5.41 Å². The number of para-hydroxylation sites is 1. The van der Waals surface area contributed by atoms with Crippen LogP contribution in [0.25, 0.3) is 10.9 Å². The summed E-state index contributed by atoms with van der Waals surface area (Å²) in [7, 11) is 4.04. The summed E-state index contributed by atoms with van der Waals surface area (Å²) in [5.74, 6) is 0. The molecule has 20 heavy (non-hydrogen) atoms. The van der Waals surface area contributed by atoms with E-state index in [4.69, 9.17) is 9.84 Å². The maximum absolute atomic E-state index is 5.75. The number of nitrogens with one attached hydrogen (secondary N) is 1. The first-order valence-electron chi connectivity index (χ1n) is 7.37. The third-order valence-electron chi connectivity index (χ3n) is 4.33. The molecular weight excluding hydrogens is 250 g/mol. The molecule has 0 radical (unpaired) electrons. The second-order valence-electron chi connectivity index (χ2n) is 5.95. The van der Waals surface area contributed by atoms with Crippen LogP contribution in [0.15, 0.2) is 24.3 Å². The monoisotopic (exact) mass is 273 g/mol. The minimum absolute atomic E-state index is 0.185. The zero-order valence-electron chi connectivity index (χ0n) is 12.4. The molecule has 0 amide bonds. The van der Waals surface area contributed by atoms with Gasteiger partial charge in [-0.3, -0.25) is 4.68 Å². The average molecular weight is 273 g/mol. The van der Waals surface area contributed by atoms with Crippen molar-refractivity contribution in [1.29, 1.82) is 0 Å². The van der Waals surface area contributed by atoms with Crippen molar-refractivity contribution >= 4 is 10.9 Å². The maximum atomic E-state index is 5.75. The van der Waals surface area contributed by atoms with Crippen LogP contribution < -0.4 is 5.32 Å².